The van der Waals surface area contributed by atoms with Crippen LogP contribution < -0.4 is 5.32 Å². The third-order valence-corrected chi connectivity index (χ3v) is 4.31. The standard InChI is InChI=1S/C17H24N2O3/c20-16(18-12-14-6-2-1-3-7-14)13-19-9-5-4-8-15(19)17-21-10-11-22-17/h1-3,6-7,15,17H,4-5,8-13H2,(H,18,20)/t15-/m1/s1. The second kappa shape index (κ2) is 7.72. The molecular weight excluding hydrogens is 280 g/mol. The molecule has 0 aromatic heterocycles. The first-order valence-corrected chi connectivity index (χ1v) is 8.11. The van der Waals surface area contributed by atoms with Crippen molar-refractivity contribution in [1.29, 1.82) is 0 Å². The fourth-order valence-electron chi connectivity index (χ4n) is 3.16. The number of carbonyl (C=O) groups is 1. The second-order valence-corrected chi connectivity index (χ2v) is 5.91. The summed E-state index contributed by atoms with van der Waals surface area (Å²) in [5.74, 6) is 0.0637. The molecule has 0 aliphatic carbocycles. The molecule has 0 spiro atoms. The number of nitrogens with one attached hydrogen (secondary N) is 1. The molecule has 0 radical (unpaired) electrons. The van der Waals surface area contributed by atoms with E-state index < -0.39 is 0 Å². The maximum atomic E-state index is 12.2. The molecule has 0 unspecified atom stereocenters. The van der Waals surface area contributed by atoms with Gasteiger partial charge in [-0.05, 0) is 24.9 Å². The van der Waals surface area contributed by atoms with Crippen molar-refractivity contribution >= 4 is 5.91 Å². The summed E-state index contributed by atoms with van der Waals surface area (Å²) < 4.78 is 11.3. The smallest absolute Gasteiger partial charge is 0.234 e. The summed E-state index contributed by atoms with van der Waals surface area (Å²) in [6, 6.07) is 10.2. The van der Waals surface area contributed by atoms with Crippen LogP contribution in [0, 0.1) is 0 Å². The minimum absolute atomic E-state index is 0.0637. The molecular formula is C17H24N2O3. The lowest BCUT2D eigenvalue weighted by Crippen LogP contribution is -2.50. The first kappa shape index (κ1) is 15.5. The van der Waals surface area contributed by atoms with Gasteiger partial charge in [0, 0.05) is 6.54 Å². The van der Waals surface area contributed by atoms with Gasteiger partial charge in [0.05, 0.1) is 25.8 Å². The Morgan fingerprint density at radius 3 is 2.73 bits per heavy atom. The molecule has 22 heavy (non-hydrogen) atoms. The highest BCUT2D eigenvalue weighted by Crippen LogP contribution is 2.23. The van der Waals surface area contributed by atoms with Gasteiger partial charge in [0.25, 0.3) is 0 Å². The van der Waals surface area contributed by atoms with Gasteiger partial charge >= 0.3 is 0 Å². The van der Waals surface area contributed by atoms with E-state index in [0.717, 1.165) is 24.9 Å². The summed E-state index contributed by atoms with van der Waals surface area (Å²) in [5.41, 5.74) is 1.12. The number of ether oxygens (including phenoxy) is 2. The number of hydrogen-bond acceptors (Lipinski definition) is 4. The van der Waals surface area contributed by atoms with E-state index in [4.69, 9.17) is 9.47 Å². The zero-order valence-electron chi connectivity index (χ0n) is 12.9. The number of carbonyl (C=O) groups excluding carboxylic acids is 1. The minimum Gasteiger partial charge on any atom is -0.351 e. The van der Waals surface area contributed by atoms with Crippen molar-refractivity contribution in [3.05, 3.63) is 35.9 Å². The van der Waals surface area contributed by atoms with Crippen LogP contribution in [0.4, 0.5) is 0 Å². The van der Waals surface area contributed by atoms with Gasteiger partial charge in [-0.3, -0.25) is 9.69 Å². The normalized spacial score (nSPS) is 23.5. The monoisotopic (exact) mass is 304 g/mol. The molecule has 2 aliphatic heterocycles. The minimum atomic E-state index is -0.165. The summed E-state index contributed by atoms with van der Waals surface area (Å²) in [6.07, 6.45) is 3.18. The van der Waals surface area contributed by atoms with Gasteiger partial charge in [0.2, 0.25) is 5.91 Å². The Hall–Kier alpha value is -1.43. The number of nitrogens with zero attached hydrogens (tertiary/aromatic N) is 1. The lowest BCUT2D eigenvalue weighted by atomic mass is 10.0. The number of rotatable bonds is 5. The van der Waals surface area contributed by atoms with Gasteiger partial charge in [-0.15, -0.1) is 0 Å². The molecule has 1 atom stereocenters. The van der Waals surface area contributed by atoms with Crippen LogP contribution in [-0.2, 0) is 20.8 Å². The summed E-state index contributed by atoms with van der Waals surface area (Å²) in [4.78, 5) is 14.4. The molecule has 0 saturated carbocycles. The quantitative estimate of drug-likeness (QED) is 0.896. The molecule has 3 rings (SSSR count). The van der Waals surface area contributed by atoms with Crippen molar-refractivity contribution < 1.29 is 14.3 Å². The predicted molar refractivity (Wildman–Crippen MR) is 83.2 cm³/mol. The second-order valence-electron chi connectivity index (χ2n) is 5.91. The lowest BCUT2D eigenvalue weighted by Gasteiger charge is -2.37. The van der Waals surface area contributed by atoms with Gasteiger partial charge in [0.15, 0.2) is 6.29 Å². The Morgan fingerprint density at radius 2 is 1.95 bits per heavy atom. The zero-order chi connectivity index (χ0) is 15.2. The van der Waals surface area contributed by atoms with Crippen LogP contribution in [0.2, 0.25) is 0 Å². The zero-order valence-corrected chi connectivity index (χ0v) is 12.9. The molecule has 2 fully saturated rings. The van der Waals surface area contributed by atoms with Gasteiger partial charge in [-0.1, -0.05) is 36.8 Å². The van der Waals surface area contributed by atoms with E-state index in [1.807, 2.05) is 30.3 Å². The molecule has 5 nitrogen and oxygen atoms in total. The molecule has 1 aromatic carbocycles. The number of benzene rings is 1. The molecule has 1 N–H and O–H groups in total. The Bertz CT molecular complexity index is 474. The molecule has 120 valence electrons. The SMILES string of the molecule is O=C(CN1CCCC[C@@H]1C1OCCO1)NCc1ccccc1. The van der Waals surface area contributed by atoms with E-state index in [1.54, 1.807) is 0 Å². The summed E-state index contributed by atoms with van der Waals surface area (Å²) >= 11 is 0. The van der Waals surface area contributed by atoms with Crippen LogP contribution in [0.1, 0.15) is 24.8 Å². The van der Waals surface area contributed by atoms with E-state index in [1.165, 1.54) is 6.42 Å². The van der Waals surface area contributed by atoms with Gasteiger partial charge in [-0.2, -0.15) is 0 Å². The molecule has 2 aliphatic rings. The highest BCUT2D eigenvalue weighted by atomic mass is 16.7. The largest absolute Gasteiger partial charge is 0.351 e. The first-order chi connectivity index (χ1) is 10.8. The van der Waals surface area contributed by atoms with Crippen molar-refractivity contribution in [1.82, 2.24) is 10.2 Å². The third kappa shape index (κ3) is 4.06. The molecule has 1 aromatic rings. The first-order valence-electron chi connectivity index (χ1n) is 8.11. The van der Waals surface area contributed by atoms with Crippen LogP contribution in [0.25, 0.3) is 0 Å². The topological polar surface area (TPSA) is 50.8 Å². The van der Waals surface area contributed by atoms with Crippen LogP contribution in [-0.4, -0.2) is 49.4 Å². The number of amides is 1. The van der Waals surface area contributed by atoms with E-state index in [9.17, 15) is 4.79 Å². The number of likely N-dealkylation sites (tertiary alicyclic amines) is 1. The van der Waals surface area contributed by atoms with Gasteiger partial charge in [0.1, 0.15) is 0 Å². The van der Waals surface area contributed by atoms with Crippen molar-refractivity contribution in [3.8, 4) is 0 Å². The van der Waals surface area contributed by atoms with Crippen LogP contribution in [0.5, 0.6) is 0 Å². The average molecular weight is 304 g/mol. The highest BCUT2D eigenvalue weighted by molar-refractivity contribution is 5.78. The maximum Gasteiger partial charge on any atom is 0.234 e. The van der Waals surface area contributed by atoms with Crippen LogP contribution in [0.3, 0.4) is 0 Å². The Labute approximate surface area is 131 Å². The molecule has 5 heteroatoms. The molecule has 2 saturated heterocycles. The maximum absolute atomic E-state index is 12.2. The summed E-state index contributed by atoms with van der Waals surface area (Å²) in [7, 11) is 0. The van der Waals surface area contributed by atoms with Crippen LogP contribution in [0.15, 0.2) is 30.3 Å². The van der Waals surface area contributed by atoms with E-state index in [-0.39, 0.29) is 18.2 Å². The fraction of sp³-hybridized carbons (Fsp3) is 0.588. The third-order valence-electron chi connectivity index (χ3n) is 4.31. The van der Waals surface area contributed by atoms with Crippen molar-refractivity contribution in [2.24, 2.45) is 0 Å². The fourth-order valence-corrected chi connectivity index (χ4v) is 3.16. The average Bonchev–Trinajstić information content (AvgIpc) is 3.09. The van der Waals surface area contributed by atoms with Crippen LogP contribution >= 0.6 is 0 Å². The summed E-state index contributed by atoms with van der Waals surface area (Å²) in [5, 5.41) is 3.00. The van der Waals surface area contributed by atoms with Gasteiger partial charge in [-0.25, -0.2) is 0 Å². The number of hydrogen-bond donors (Lipinski definition) is 1. The van der Waals surface area contributed by atoms with Crippen molar-refractivity contribution in [2.45, 2.75) is 38.1 Å². The highest BCUT2D eigenvalue weighted by Gasteiger charge is 2.34. The van der Waals surface area contributed by atoms with Crippen molar-refractivity contribution in [2.75, 3.05) is 26.3 Å². The Balaban J connectivity index is 1.50. The number of piperidine rings is 1. The lowest BCUT2D eigenvalue weighted by molar-refractivity contribution is -0.131. The molecule has 2 heterocycles. The molecule has 0 bridgehead atoms. The Morgan fingerprint density at radius 1 is 1.18 bits per heavy atom. The summed E-state index contributed by atoms with van der Waals surface area (Å²) in [6.45, 7) is 3.26. The molecule has 1 amide bonds. The van der Waals surface area contributed by atoms with E-state index >= 15 is 0 Å². The predicted octanol–water partition coefficient (Wildman–Crippen LogP) is 1.53. The van der Waals surface area contributed by atoms with Gasteiger partial charge < -0.3 is 14.8 Å². The van der Waals surface area contributed by atoms with Crippen molar-refractivity contribution in [3.63, 3.8) is 0 Å². The van der Waals surface area contributed by atoms with E-state index in [0.29, 0.717) is 26.3 Å². The van der Waals surface area contributed by atoms with E-state index in [2.05, 4.69) is 10.2 Å². The Kier molecular flexibility index (Phi) is 5.43.